The third-order valence-corrected chi connectivity index (χ3v) is 3.51. The van der Waals surface area contributed by atoms with Gasteiger partial charge < -0.3 is 15.1 Å². The van der Waals surface area contributed by atoms with Crippen molar-refractivity contribution < 1.29 is 9.90 Å². The molecule has 0 amide bonds. The first-order valence-electron chi connectivity index (χ1n) is 5.14. The fraction of sp³-hybridized carbons (Fsp3) is 0. The van der Waals surface area contributed by atoms with Crippen LogP contribution in [0.15, 0.2) is 29.2 Å². The summed E-state index contributed by atoms with van der Waals surface area (Å²) in [5.41, 5.74) is 0.728. The fourth-order valence-corrected chi connectivity index (χ4v) is 2.56. The highest BCUT2D eigenvalue weighted by molar-refractivity contribution is 14.1. The minimum absolute atomic E-state index is 0.114. The van der Waals surface area contributed by atoms with Crippen LogP contribution in [0.4, 0.5) is 0 Å². The van der Waals surface area contributed by atoms with Gasteiger partial charge in [-0.3, -0.25) is 4.79 Å². The molecule has 6 heteroatoms. The predicted octanol–water partition coefficient (Wildman–Crippen LogP) is 2.31. The van der Waals surface area contributed by atoms with Gasteiger partial charge in [-0.1, -0.05) is 0 Å². The third-order valence-electron chi connectivity index (χ3n) is 2.84. The third kappa shape index (κ3) is 1.52. The molecule has 0 unspecified atom stereocenters. The van der Waals surface area contributed by atoms with Crippen molar-refractivity contribution >= 4 is 50.4 Å². The summed E-state index contributed by atoms with van der Waals surface area (Å²) in [6.45, 7) is 0. The van der Waals surface area contributed by atoms with Crippen molar-refractivity contribution in [2.75, 3.05) is 0 Å². The Hall–Kier alpha value is -1.83. The van der Waals surface area contributed by atoms with E-state index < -0.39 is 5.97 Å². The maximum absolute atomic E-state index is 11.8. The number of hydrogen-bond donors (Lipinski definition) is 3. The number of rotatable bonds is 1. The van der Waals surface area contributed by atoms with Gasteiger partial charge in [0.05, 0.1) is 5.56 Å². The summed E-state index contributed by atoms with van der Waals surface area (Å²) in [7, 11) is 0. The van der Waals surface area contributed by atoms with E-state index in [0.717, 1.165) is 8.96 Å². The predicted molar refractivity (Wildman–Crippen MR) is 76.1 cm³/mol. The smallest absolute Gasteiger partial charge is 0.337 e. The van der Waals surface area contributed by atoms with E-state index in [9.17, 15) is 9.59 Å². The number of H-pyrrole nitrogens is 2. The molecule has 0 saturated heterocycles. The Morgan fingerprint density at radius 1 is 1.33 bits per heavy atom. The van der Waals surface area contributed by atoms with Gasteiger partial charge in [0.2, 0.25) is 0 Å². The first-order valence-corrected chi connectivity index (χ1v) is 6.21. The molecule has 0 aliphatic carbocycles. The molecule has 0 aliphatic rings. The molecule has 1 aromatic carbocycles. The highest BCUT2D eigenvalue weighted by Crippen LogP contribution is 2.25. The first kappa shape index (κ1) is 11.3. The van der Waals surface area contributed by atoms with Crippen LogP contribution in [0, 0.1) is 3.57 Å². The lowest BCUT2D eigenvalue weighted by molar-refractivity contribution is 0.0699. The Morgan fingerprint density at radius 2 is 2.11 bits per heavy atom. The molecule has 2 aromatic heterocycles. The molecule has 2 heterocycles. The number of carbonyl (C=O) groups is 1. The van der Waals surface area contributed by atoms with Gasteiger partial charge in [-0.2, -0.15) is 0 Å². The van der Waals surface area contributed by atoms with Crippen LogP contribution < -0.4 is 5.56 Å². The number of aromatic nitrogens is 2. The van der Waals surface area contributed by atoms with E-state index in [1.165, 1.54) is 6.20 Å². The second-order valence-electron chi connectivity index (χ2n) is 3.90. The van der Waals surface area contributed by atoms with Crippen molar-refractivity contribution in [1.82, 2.24) is 9.97 Å². The summed E-state index contributed by atoms with van der Waals surface area (Å²) >= 11 is 2.15. The topological polar surface area (TPSA) is 85.9 Å². The second-order valence-corrected chi connectivity index (χ2v) is 5.15. The van der Waals surface area contributed by atoms with Crippen LogP contribution >= 0.6 is 22.6 Å². The second kappa shape index (κ2) is 3.84. The van der Waals surface area contributed by atoms with Crippen LogP contribution in [-0.4, -0.2) is 21.0 Å². The average Bonchev–Trinajstić information content (AvgIpc) is 2.76. The lowest BCUT2D eigenvalue weighted by Crippen LogP contribution is -2.07. The normalized spacial score (nSPS) is 11.2. The lowest BCUT2D eigenvalue weighted by Gasteiger charge is -2.01. The molecule has 0 spiro atoms. The Balaban J connectivity index is 2.64. The van der Waals surface area contributed by atoms with E-state index >= 15 is 0 Å². The lowest BCUT2D eigenvalue weighted by atomic mass is 10.1. The van der Waals surface area contributed by atoms with Crippen molar-refractivity contribution in [2.24, 2.45) is 0 Å². The Kier molecular flexibility index (Phi) is 2.40. The first-order chi connectivity index (χ1) is 8.58. The Labute approximate surface area is 114 Å². The molecule has 3 N–H and O–H groups in total. The van der Waals surface area contributed by atoms with E-state index in [1.54, 1.807) is 6.07 Å². The maximum Gasteiger partial charge on any atom is 0.337 e. The minimum Gasteiger partial charge on any atom is -0.478 e. The molecule has 3 rings (SSSR count). The molecule has 0 fully saturated rings. The number of pyridine rings is 1. The molecule has 90 valence electrons. The molecule has 5 nitrogen and oxygen atoms in total. The van der Waals surface area contributed by atoms with Crippen molar-refractivity contribution in [3.05, 3.63) is 43.9 Å². The van der Waals surface area contributed by atoms with Gasteiger partial charge in [0.1, 0.15) is 5.52 Å². The SMILES string of the molecule is O=C(O)c1c[nH]c2c(=O)[nH]c3ccc(I)cc3c12. The molecule has 0 atom stereocenters. The van der Waals surface area contributed by atoms with Crippen molar-refractivity contribution in [3.8, 4) is 0 Å². The minimum atomic E-state index is -1.05. The van der Waals surface area contributed by atoms with Crippen LogP contribution in [0.1, 0.15) is 10.4 Å². The maximum atomic E-state index is 11.8. The molecule has 0 bridgehead atoms. The summed E-state index contributed by atoms with van der Waals surface area (Å²) in [6, 6.07) is 5.49. The van der Waals surface area contributed by atoms with Gasteiger partial charge >= 0.3 is 5.97 Å². The molecule has 0 radical (unpaired) electrons. The van der Waals surface area contributed by atoms with Crippen LogP contribution in [0.25, 0.3) is 21.8 Å². The monoisotopic (exact) mass is 354 g/mol. The molecule has 18 heavy (non-hydrogen) atoms. The number of aromatic carboxylic acids is 1. The van der Waals surface area contributed by atoms with Gasteiger partial charge in [0, 0.05) is 26.1 Å². The van der Waals surface area contributed by atoms with E-state index in [4.69, 9.17) is 5.11 Å². The quantitative estimate of drug-likeness (QED) is 0.587. The molecular formula is C12H7IN2O3. The van der Waals surface area contributed by atoms with Crippen molar-refractivity contribution in [2.45, 2.75) is 0 Å². The van der Waals surface area contributed by atoms with Crippen LogP contribution in [0.3, 0.4) is 0 Å². The van der Waals surface area contributed by atoms with E-state index in [1.807, 2.05) is 12.1 Å². The number of carboxylic acid groups (broad SMARTS) is 1. The van der Waals surface area contributed by atoms with Crippen LogP contribution in [0.2, 0.25) is 0 Å². The molecule has 0 aliphatic heterocycles. The van der Waals surface area contributed by atoms with Gasteiger partial charge in [-0.25, -0.2) is 4.79 Å². The van der Waals surface area contributed by atoms with E-state index in [-0.39, 0.29) is 11.1 Å². The van der Waals surface area contributed by atoms with Crippen LogP contribution in [0.5, 0.6) is 0 Å². The van der Waals surface area contributed by atoms with Crippen molar-refractivity contribution in [3.63, 3.8) is 0 Å². The summed E-state index contributed by atoms with van der Waals surface area (Å²) in [4.78, 5) is 28.5. The number of benzene rings is 1. The van der Waals surface area contributed by atoms with Gasteiger partial charge in [-0.15, -0.1) is 0 Å². The summed E-state index contributed by atoms with van der Waals surface area (Å²) in [5, 5.41) is 10.3. The van der Waals surface area contributed by atoms with Crippen LogP contribution in [-0.2, 0) is 0 Å². The highest BCUT2D eigenvalue weighted by atomic mass is 127. The molecule has 3 aromatic rings. The van der Waals surface area contributed by atoms with Crippen molar-refractivity contribution in [1.29, 1.82) is 0 Å². The Bertz CT molecular complexity index is 848. The van der Waals surface area contributed by atoms with Gasteiger partial charge in [0.25, 0.3) is 5.56 Å². The zero-order valence-electron chi connectivity index (χ0n) is 8.95. The zero-order valence-corrected chi connectivity index (χ0v) is 11.1. The highest BCUT2D eigenvalue weighted by Gasteiger charge is 2.16. The standard InChI is InChI=1S/C12H7IN2O3/c13-5-1-2-8-6(3-5)9-7(12(17)18)4-14-10(9)11(16)15-8/h1-4,14H,(H,15,16)(H,17,18). The summed E-state index contributed by atoms with van der Waals surface area (Å²) in [6.07, 6.45) is 1.35. The molecule has 0 saturated carbocycles. The number of nitrogens with one attached hydrogen (secondary N) is 2. The van der Waals surface area contributed by atoms with E-state index in [0.29, 0.717) is 16.4 Å². The number of fused-ring (bicyclic) bond motifs is 3. The largest absolute Gasteiger partial charge is 0.478 e. The number of hydrogen-bond acceptors (Lipinski definition) is 2. The summed E-state index contributed by atoms with van der Waals surface area (Å²) in [5.74, 6) is -1.05. The number of halogens is 1. The molecular weight excluding hydrogens is 347 g/mol. The summed E-state index contributed by atoms with van der Waals surface area (Å²) < 4.78 is 0.978. The van der Waals surface area contributed by atoms with E-state index in [2.05, 4.69) is 32.6 Å². The Morgan fingerprint density at radius 3 is 2.83 bits per heavy atom. The average molecular weight is 354 g/mol. The van der Waals surface area contributed by atoms with Gasteiger partial charge in [-0.05, 0) is 40.8 Å². The van der Waals surface area contributed by atoms with Gasteiger partial charge in [0.15, 0.2) is 0 Å². The zero-order chi connectivity index (χ0) is 12.9. The number of carboxylic acids is 1. The number of aromatic amines is 2. The fourth-order valence-electron chi connectivity index (χ4n) is 2.07.